The van der Waals surface area contributed by atoms with E-state index in [2.05, 4.69) is 0 Å². The molecule has 2 atom stereocenters. The first-order chi connectivity index (χ1) is 12.9. The smallest absolute Gasteiger partial charge is 0.223 e. The number of amides is 1. The maximum absolute atomic E-state index is 12.7. The van der Waals surface area contributed by atoms with Gasteiger partial charge in [0.15, 0.2) is 21.3 Å². The predicted molar refractivity (Wildman–Crippen MR) is 109 cm³/mol. The predicted octanol–water partition coefficient (Wildman–Crippen LogP) is 2.02. The Morgan fingerprint density at radius 1 is 1.25 bits per heavy atom. The summed E-state index contributed by atoms with van der Waals surface area (Å²) in [6, 6.07) is 4.66. The number of likely N-dealkylation sites (tertiary alicyclic amines) is 1. The highest BCUT2D eigenvalue weighted by Crippen LogP contribution is 2.32. The molecular weight excluding hydrogens is 404 g/mol. The molecule has 0 spiro atoms. The van der Waals surface area contributed by atoms with Crippen molar-refractivity contribution in [2.45, 2.75) is 43.5 Å². The third-order valence-electron chi connectivity index (χ3n) is 5.22. The summed E-state index contributed by atoms with van der Waals surface area (Å²) in [5, 5.41) is 0. The summed E-state index contributed by atoms with van der Waals surface area (Å²) in [6.07, 6.45) is 2.65. The molecule has 9 heteroatoms. The van der Waals surface area contributed by atoms with Crippen LogP contribution in [0.5, 0.6) is 11.5 Å². The monoisotopic (exact) mass is 432 g/mol. The van der Waals surface area contributed by atoms with Crippen LogP contribution in [0.3, 0.4) is 0 Å². The van der Waals surface area contributed by atoms with Crippen molar-refractivity contribution in [2.24, 2.45) is 11.7 Å². The van der Waals surface area contributed by atoms with Crippen LogP contribution in [0.1, 0.15) is 32.6 Å². The lowest BCUT2D eigenvalue weighted by Gasteiger charge is -2.34. The molecule has 28 heavy (non-hydrogen) atoms. The van der Waals surface area contributed by atoms with E-state index in [1.807, 2.05) is 6.92 Å². The number of ether oxygens (including phenoxy) is 2. The van der Waals surface area contributed by atoms with Gasteiger partial charge in [0, 0.05) is 38.0 Å². The molecule has 2 heterocycles. The van der Waals surface area contributed by atoms with Crippen molar-refractivity contribution in [3.05, 3.63) is 18.2 Å². The molecule has 0 aromatic heterocycles. The van der Waals surface area contributed by atoms with Crippen LogP contribution >= 0.6 is 12.4 Å². The van der Waals surface area contributed by atoms with Gasteiger partial charge in [-0.3, -0.25) is 4.79 Å². The summed E-state index contributed by atoms with van der Waals surface area (Å²) < 4.78 is 36.4. The lowest BCUT2D eigenvalue weighted by molar-refractivity contribution is -0.132. The molecule has 2 unspecified atom stereocenters. The normalized spacial score (nSPS) is 20.6. The van der Waals surface area contributed by atoms with E-state index in [1.165, 1.54) is 12.1 Å². The van der Waals surface area contributed by atoms with Crippen LogP contribution < -0.4 is 15.2 Å². The Kier molecular flexibility index (Phi) is 7.97. The highest BCUT2D eigenvalue weighted by Gasteiger charge is 2.27. The number of carbonyl (C=O) groups is 1. The van der Waals surface area contributed by atoms with Crippen LogP contribution in [-0.4, -0.2) is 57.3 Å². The van der Waals surface area contributed by atoms with Gasteiger partial charge in [-0.1, -0.05) is 0 Å². The maximum atomic E-state index is 12.7. The molecular formula is C19H29ClN2O5S. The third-order valence-corrected chi connectivity index (χ3v) is 6.93. The van der Waals surface area contributed by atoms with E-state index < -0.39 is 9.84 Å². The summed E-state index contributed by atoms with van der Waals surface area (Å²) in [5.74, 6) is 0.929. The number of hydrogen-bond donors (Lipinski definition) is 1. The highest BCUT2D eigenvalue weighted by atomic mass is 35.5. The Bertz CT molecular complexity index is 785. The van der Waals surface area contributed by atoms with Crippen molar-refractivity contribution < 1.29 is 22.7 Å². The lowest BCUT2D eigenvalue weighted by atomic mass is 9.92. The van der Waals surface area contributed by atoms with Crippen LogP contribution in [0.25, 0.3) is 0 Å². The second-order valence-electron chi connectivity index (χ2n) is 7.33. The minimum atomic E-state index is -3.58. The van der Waals surface area contributed by atoms with E-state index in [-0.39, 0.29) is 47.3 Å². The van der Waals surface area contributed by atoms with Crippen LogP contribution in [-0.2, 0) is 14.6 Å². The molecule has 0 aliphatic carbocycles. The van der Waals surface area contributed by atoms with Crippen molar-refractivity contribution >= 4 is 28.2 Å². The second kappa shape index (κ2) is 9.80. The van der Waals surface area contributed by atoms with Crippen molar-refractivity contribution in [3.63, 3.8) is 0 Å². The van der Waals surface area contributed by atoms with E-state index in [4.69, 9.17) is 15.2 Å². The van der Waals surface area contributed by atoms with Crippen LogP contribution in [0.4, 0.5) is 0 Å². The van der Waals surface area contributed by atoms with Gasteiger partial charge in [-0.05, 0) is 37.8 Å². The molecule has 7 nitrogen and oxygen atoms in total. The van der Waals surface area contributed by atoms with E-state index in [0.29, 0.717) is 37.8 Å². The average Bonchev–Trinajstić information content (AvgIpc) is 2.91. The van der Waals surface area contributed by atoms with Gasteiger partial charge in [0.2, 0.25) is 5.91 Å². The first-order valence-corrected chi connectivity index (χ1v) is 11.2. The average molecular weight is 433 g/mol. The maximum Gasteiger partial charge on any atom is 0.223 e. The van der Waals surface area contributed by atoms with Gasteiger partial charge in [-0.15, -0.1) is 12.4 Å². The van der Waals surface area contributed by atoms with Gasteiger partial charge in [0.25, 0.3) is 0 Å². The summed E-state index contributed by atoms with van der Waals surface area (Å²) in [4.78, 5) is 14.4. The van der Waals surface area contributed by atoms with Crippen LogP contribution in [0.2, 0.25) is 0 Å². The molecule has 3 rings (SSSR count). The molecule has 1 saturated heterocycles. The fraction of sp³-hybridized carbons (Fsp3) is 0.632. The Morgan fingerprint density at radius 2 is 1.96 bits per heavy atom. The molecule has 2 N–H and O–H groups in total. The zero-order valence-corrected chi connectivity index (χ0v) is 17.8. The Labute approximate surface area is 172 Å². The summed E-state index contributed by atoms with van der Waals surface area (Å²) in [6.45, 7) is 4.27. The quantitative estimate of drug-likeness (QED) is 0.764. The Balaban J connectivity index is 0.00000280. The van der Waals surface area contributed by atoms with Crippen LogP contribution in [0.15, 0.2) is 23.1 Å². The third kappa shape index (κ3) is 5.52. The number of halogens is 1. The van der Waals surface area contributed by atoms with Gasteiger partial charge in [0.05, 0.1) is 23.9 Å². The topological polar surface area (TPSA) is 98.9 Å². The van der Waals surface area contributed by atoms with Crippen molar-refractivity contribution in [1.29, 1.82) is 0 Å². The number of piperidine rings is 1. The van der Waals surface area contributed by atoms with Gasteiger partial charge in [-0.25, -0.2) is 8.42 Å². The van der Waals surface area contributed by atoms with E-state index in [9.17, 15) is 13.2 Å². The number of benzene rings is 1. The molecule has 1 amide bonds. The van der Waals surface area contributed by atoms with Crippen molar-refractivity contribution in [1.82, 2.24) is 4.90 Å². The fourth-order valence-electron chi connectivity index (χ4n) is 3.50. The molecule has 2 aliphatic rings. The largest absolute Gasteiger partial charge is 0.490 e. The highest BCUT2D eigenvalue weighted by molar-refractivity contribution is 7.91. The number of carbonyl (C=O) groups excluding carboxylic acids is 1. The van der Waals surface area contributed by atoms with Gasteiger partial charge >= 0.3 is 0 Å². The number of nitrogens with two attached hydrogens (primary N) is 1. The first-order valence-electron chi connectivity index (χ1n) is 9.52. The number of nitrogens with zero attached hydrogens (tertiary/aromatic N) is 1. The van der Waals surface area contributed by atoms with Gasteiger partial charge in [-0.2, -0.15) is 0 Å². The number of sulfone groups is 1. The molecule has 1 fully saturated rings. The SMILES string of the molecule is CC(N)C1CCCN(C(=O)CCS(=O)(=O)c2ccc3c(c2)OCCCO3)C1.Cl. The van der Waals surface area contributed by atoms with Crippen molar-refractivity contribution in [3.8, 4) is 11.5 Å². The fourth-order valence-corrected chi connectivity index (χ4v) is 4.74. The summed E-state index contributed by atoms with van der Waals surface area (Å²) >= 11 is 0. The molecule has 0 radical (unpaired) electrons. The minimum absolute atomic E-state index is 0. The zero-order valence-electron chi connectivity index (χ0n) is 16.1. The molecule has 1 aromatic carbocycles. The molecule has 0 saturated carbocycles. The Hall–Kier alpha value is -1.51. The number of hydrogen-bond acceptors (Lipinski definition) is 6. The standard InChI is InChI=1S/C19H28N2O5S.ClH/c1-14(20)15-4-2-8-21(13-15)19(22)7-11-27(23,24)16-5-6-17-18(12-16)26-10-3-9-25-17;/h5-6,12,14-15H,2-4,7-11,13,20H2,1H3;1H. The first kappa shape index (κ1) is 22.8. The van der Waals surface area contributed by atoms with E-state index in [0.717, 1.165) is 19.3 Å². The number of fused-ring (bicyclic) bond motifs is 1. The number of rotatable bonds is 5. The van der Waals surface area contributed by atoms with E-state index in [1.54, 1.807) is 11.0 Å². The minimum Gasteiger partial charge on any atom is -0.490 e. The summed E-state index contributed by atoms with van der Waals surface area (Å²) in [7, 11) is -3.58. The molecule has 1 aromatic rings. The summed E-state index contributed by atoms with van der Waals surface area (Å²) in [5.41, 5.74) is 5.96. The van der Waals surface area contributed by atoms with Gasteiger partial charge < -0.3 is 20.1 Å². The van der Waals surface area contributed by atoms with Gasteiger partial charge in [0.1, 0.15) is 0 Å². The second-order valence-corrected chi connectivity index (χ2v) is 9.44. The Morgan fingerprint density at radius 3 is 2.68 bits per heavy atom. The van der Waals surface area contributed by atoms with E-state index >= 15 is 0 Å². The molecule has 2 aliphatic heterocycles. The lowest BCUT2D eigenvalue weighted by Crippen LogP contribution is -2.45. The zero-order chi connectivity index (χ0) is 19.4. The van der Waals surface area contributed by atoms with Crippen LogP contribution in [0, 0.1) is 5.92 Å². The molecule has 158 valence electrons. The van der Waals surface area contributed by atoms with Crippen molar-refractivity contribution in [2.75, 3.05) is 32.1 Å². The molecule has 0 bridgehead atoms.